The Morgan fingerprint density at radius 1 is 1.45 bits per heavy atom. The molecule has 0 aliphatic carbocycles. The summed E-state index contributed by atoms with van der Waals surface area (Å²) in [5.74, 6) is 0.122. The molecule has 1 aromatic rings. The second-order valence-electron chi connectivity index (χ2n) is 4.93. The molecule has 1 aromatic carbocycles. The predicted octanol–water partition coefficient (Wildman–Crippen LogP) is 2.51. The van der Waals surface area contributed by atoms with Crippen LogP contribution < -0.4 is 11.1 Å². The fourth-order valence-corrected chi connectivity index (χ4v) is 3.33. The summed E-state index contributed by atoms with van der Waals surface area (Å²) < 4.78 is 0.829. The van der Waals surface area contributed by atoms with Gasteiger partial charge >= 0.3 is 0 Å². The standard InChI is InChI=1S/C14H18BrN3OS/c1-9(14(19)18-7-2-3-8-18)17-11-6-4-5-10(15)12(11)13(16)20/h4-6,9,17H,2-3,7-8H2,1H3,(H2,16,20). The Balaban J connectivity index is 2.15. The van der Waals surface area contributed by atoms with Gasteiger partial charge in [0.25, 0.3) is 0 Å². The number of nitrogens with one attached hydrogen (secondary N) is 1. The van der Waals surface area contributed by atoms with E-state index < -0.39 is 0 Å². The Kier molecular flexibility index (Phi) is 4.99. The van der Waals surface area contributed by atoms with Gasteiger partial charge in [0.05, 0.1) is 0 Å². The zero-order chi connectivity index (χ0) is 14.7. The van der Waals surface area contributed by atoms with Gasteiger partial charge in [0, 0.05) is 28.8 Å². The van der Waals surface area contributed by atoms with Gasteiger partial charge in [-0.3, -0.25) is 4.79 Å². The lowest BCUT2D eigenvalue weighted by Crippen LogP contribution is -2.40. The van der Waals surface area contributed by atoms with Gasteiger partial charge in [-0.25, -0.2) is 0 Å². The highest BCUT2D eigenvalue weighted by Gasteiger charge is 2.24. The third-order valence-corrected chi connectivity index (χ3v) is 4.29. The smallest absolute Gasteiger partial charge is 0.244 e. The minimum Gasteiger partial charge on any atom is -0.389 e. The summed E-state index contributed by atoms with van der Waals surface area (Å²) in [5, 5.41) is 3.22. The molecule has 1 unspecified atom stereocenters. The number of benzene rings is 1. The molecule has 108 valence electrons. The van der Waals surface area contributed by atoms with E-state index in [9.17, 15) is 4.79 Å². The Morgan fingerprint density at radius 2 is 2.10 bits per heavy atom. The average molecular weight is 356 g/mol. The summed E-state index contributed by atoms with van der Waals surface area (Å²) in [7, 11) is 0. The Bertz CT molecular complexity index is 529. The molecule has 3 N–H and O–H groups in total. The maximum atomic E-state index is 12.3. The topological polar surface area (TPSA) is 58.4 Å². The Hall–Kier alpha value is -1.14. The van der Waals surface area contributed by atoms with Crippen LogP contribution in [0.1, 0.15) is 25.3 Å². The molecule has 1 fully saturated rings. The van der Waals surface area contributed by atoms with E-state index >= 15 is 0 Å². The van der Waals surface area contributed by atoms with Crippen LogP contribution in [-0.2, 0) is 4.79 Å². The van der Waals surface area contributed by atoms with Gasteiger partial charge in [-0.1, -0.05) is 18.3 Å². The van der Waals surface area contributed by atoms with Gasteiger partial charge in [0.15, 0.2) is 0 Å². The summed E-state index contributed by atoms with van der Waals surface area (Å²) in [6, 6.07) is 5.36. The molecule has 1 aliphatic rings. The zero-order valence-electron chi connectivity index (χ0n) is 11.4. The Morgan fingerprint density at radius 3 is 2.70 bits per heavy atom. The number of likely N-dealkylation sites (tertiary alicyclic amines) is 1. The van der Waals surface area contributed by atoms with E-state index in [4.69, 9.17) is 18.0 Å². The quantitative estimate of drug-likeness (QED) is 0.814. The van der Waals surface area contributed by atoms with E-state index in [1.807, 2.05) is 30.0 Å². The first-order chi connectivity index (χ1) is 9.50. The first-order valence-electron chi connectivity index (χ1n) is 6.64. The SMILES string of the molecule is CC(Nc1cccc(Br)c1C(N)=S)C(=O)N1CCCC1. The van der Waals surface area contributed by atoms with E-state index in [-0.39, 0.29) is 11.9 Å². The molecule has 0 bridgehead atoms. The van der Waals surface area contributed by atoms with Crippen molar-refractivity contribution in [1.29, 1.82) is 0 Å². The molecule has 1 heterocycles. The number of rotatable bonds is 4. The third-order valence-electron chi connectivity index (χ3n) is 3.42. The van der Waals surface area contributed by atoms with Crippen LogP contribution in [-0.4, -0.2) is 34.9 Å². The molecular formula is C14H18BrN3OS. The number of nitrogens with two attached hydrogens (primary N) is 1. The minimum absolute atomic E-state index is 0.122. The van der Waals surface area contributed by atoms with Gasteiger partial charge in [-0.2, -0.15) is 0 Å². The highest BCUT2D eigenvalue weighted by molar-refractivity contribution is 9.10. The monoisotopic (exact) mass is 355 g/mol. The summed E-state index contributed by atoms with van der Waals surface area (Å²) in [4.78, 5) is 14.5. The molecule has 1 saturated heterocycles. The molecule has 1 atom stereocenters. The maximum Gasteiger partial charge on any atom is 0.244 e. The van der Waals surface area contributed by atoms with Crippen molar-refractivity contribution in [2.24, 2.45) is 5.73 Å². The average Bonchev–Trinajstić information content (AvgIpc) is 2.91. The van der Waals surface area contributed by atoms with Crippen molar-refractivity contribution in [3.05, 3.63) is 28.2 Å². The van der Waals surface area contributed by atoms with Crippen molar-refractivity contribution in [2.75, 3.05) is 18.4 Å². The molecule has 2 rings (SSSR count). The number of halogens is 1. The van der Waals surface area contributed by atoms with Gasteiger partial charge in [0.1, 0.15) is 11.0 Å². The lowest BCUT2D eigenvalue weighted by Gasteiger charge is -2.23. The van der Waals surface area contributed by atoms with Crippen molar-refractivity contribution < 1.29 is 4.79 Å². The fourth-order valence-electron chi connectivity index (χ4n) is 2.40. The number of carbonyl (C=O) groups excluding carboxylic acids is 1. The summed E-state index contributed by atoms with van der Waals surface area (Å²) in [6.07, 6.45) is 2.18. The molecule has 6 heteroatoms. The van der Waals surface area contributed by atoms with E-state index in [0.29, 0.717) is 4.99 Å². The van der Waals surface area contributed by atoms with Crippen LogP contribution >= 0.6 is 28.1 Å². The lowest BCUT2D eigenvalue weighted by atomic mass is 10.1. The molecule has 0 saturated carbocycles. The number of hydrogen-bond donors (Lipinski definition) is 2. The van der Waals surface area contributed by atoms with Crippen molar-refractivity contribution in [3.63, 3.8) is 0 Å². The van der Waals surface area contributed by atoms with Gasteiger partial charge in [-0.15, -0.1) is 0 Å². The predicted molar refractivity (Wildman–Crippen MR) is 88.9 cm³/mol. The first-order valence-corrected chi connectivity index (χ1v) is 7.84. The van der Waals surface area contributed by atoms with Gasteiger partial charge in [0.2, 0.25) is 5.91 Å². The van der Waals surface area contributed by atoms with Crippen molar-refractivity contribution in [3.8, 4) is 0 Å². The number of hydrogen-bond acceptors (Lipinski definition) is 3. The Labute approximate surface area is 132 Å². The number of nitrogens with zero attached hydrogens (tertiary/aromatic N) is 1. The molecule has 1 aliphatic heterocycles. The number of thiocarbonyl (C=S) groups is 1. The van der Waals surface area contributed by atoms with Crippen LogP contribution in [0.15, 0.2) is 22.7 Å². The number of amides is 1. The van der Waals surface area contributed by atoms with E-state index in [1.54, 1.807) is 0 Å². The molecule has 0 aromatic heterocycles. The van der Waals surface area contributed by atoms with Gasteiger partial charge < -0.3 is 16.0 Å². The molecular weight excluding hydrogens is 338 g/mol. The largest absolute Gasteiger partial charge is 0.389 e. The summed E-state index contributed by atoms with van der Waals surface area (Å²) in [6.45, 7) is 3.57. The summed E-state index contributed by atoms with van der Waals surface area (Å²) >= 11 is 8.51. The second kappa shape index (κ2) is 6.54. The van der Waals surface area contributed by atoms with Crippen LogP contribution in [0.3, 0.4) is 0 Å². The second-order valence-corrected chi connectivity index (χ2v) is 6.22. The minimum atomic E-state index is -0.296. The van der Waals surface area contributed by atoms with Gasteiger partial charge in [-0.05, 0) is 47.8 Å². The van der Waals surface area contributed by atoms with Crippen molar-refractivity contribution in [1.82, 2.24) is 4.90 Å². The first kappa shape index (κ1) is 15.3. The number of carbonyl (C=O) groups is 1. The van der Waals surface area contributed by atoms with E-state index in [1.165, 1.54) is 0 Å². The van der Waals surface area contributed by atoms with Crippen LogP contribution in [0, 0.1) is 0 Å². The van der Waals surface area contributed by atoms with Crippen LogP contribution in [0.4, 0.5) is 5.69 Å². The van der Waals surface area contributed by atoms with E-state index in [0.717, 1.165) is 41.7 Å². The van der Waals surface area contributed by atoms with Crippen LogP contribution in [0.5, 0.6) is 0 Å². The molecule has 0 radical (unpaired) electrons. The van der Waals surface area contributed by atoms with Crippen LogP contribution in [0.2, 0.25) is 0 Å². The fraction of sp³-hybridized carbons (Fsp3) is 0.429. The van der Waals surface area contributed by atoms with Crippen LogP contribution in [0.25, 0.3) is 0 Å². The van der Waals surface area contributed by atoms with Crippen molar-refractivity contribution in [2.45, 2.75) is 25.8 Å². The van der Waals surface area contributed by atoms with Crippen molar-refractivity contribution >= 4 is 44.7 Å². The highest BCUT2D eigenvalue weighted by Crippen LogP contribution is 2.25. The normalized spacial score (nSPS) is 16.0. The highest BCUT2D eigenvalue weighted by atomic mass is 79.9. The molecule has 20 heavy (non-hydrogen) atoms. The molecule has 4 nitrogen and oxygen atoms in total. The molecule has 0 spiro atoms. The maximum absolute atomic E-state index is 12.3. The molecule has 1 amide bonds. The third kappa shape index (κ3) is 3.30. The lowest BCUT2D eigenvalue weighted by molar-refractivity contribution is -0.130. The summed E-state index contributed by atoms with van der Waals surface area (Å²) in [5.41, 5.74) is 7.28. The zero-order valence-corrected chi connectivity index (χ0v) is 13.8. The van der Waals surface area contributed by atoms with E-state index in [2.05, 4.69) is 21.2 Å². The number of anilines is 1.